The number of benzene rings is 1. The minimum Gasteiger partial charge on any atom is -0.384 e. The second-order valence-electron chi connectivity index (χ2n) is 11.0. The van der Waals surface area contributed by atoms with E-state index < -0.39 is 5.60 Å². The molecule has 0 bridgehead atoms. The van der Waals surface area contributed by atoms with E-state index in [1.165, 1.54) is 16.4 Å². The maximum atomic E-state index is 13.3. The number of nitrogens with one attached hydrogen (secondary N) is 1. The van der Waals surface area contributed by atoms with Crippen LogP contribution >= 0.6 is 0 Å². The van der Waals surface area contributed by atoms with Crippen LogP contribution in [-0.4, -0.2) is 59.0 Å². The second-order valence-corrected chi connectivity index (χ2v) is 11.0. The Hall–Kier alpha value is -4.28. The van der Waals surface area contributed by atoms with E-state index in [4.69, 9.17) is 4.98 Å². The fraction of sp³-hybridized carbons (Fsp3) is 0.333. The van der Waals surface area contributed by atoms with Crippen molar-refractivity contribution in [2.75, 3.05) is 25.5 Å². The summed E-state index contributed by atoms with van der Waals surface area (Å²) in [4.78, 5) is 29.5. The lowest BCUT2D eigenvalue weighted by molar-refractivity contribution is 0.0738. The van der Waals surface area contributed by atoms with E-state index in [1.807, 2.05) is 6.07 Å². The highest BCUT2D eigenvalue weighted by Crippen LogP contribution is 2.30. The van der Waals surface area contributed by atoms with Gasteiger partial charge in [-0.3, -0.25) is 4.79 Å². The molecule has 0 saturated carbocycles. The Bertz CT molecular complexity index is 1770. The van der Waals surface area contributed by atoms with Crippen LogP contribution in [0.25, 0.3) is 27.8 Å². The van der Waals surface area contributed by atoms with Crippen LogP contribution in [0.5, 0.6) is 0 Å². The number of rotatable bonds is 7. The lowest BCUT2D eigenvalue weighted by Gasteiger charge is -2.30. The Morgan fingerprint density at radius 1 is 1.15 bits per heavy atom. The number of nitrogens with zero attached hydrogens (tertiary/aromatic N) is 7. The van der Waals surface area contributed by atoms with Gasteiger partial charge >= 0.3 is 0 Å². The van der Waals surface area contributed by atoms with Crippen LogP contribution in [0.15, 0.2) is 72.3 Å². The number of aliphatic hydroxyl groups is 1. The number of allylic oxidation sites excluding steroid dienone is 1. The van der Waals surface area contributed by atoms with Crippen molar-refractivity contribution in [1.82, 2.24) is 33.8 Å². The summed E-state index contributed by atoms with van der Waals surface area (Å²) in [6, 6.07) is 14.3. The molecule has 1 saturated heterocycles. The Labute approximate surface area is 232 Å². The van der Waals surface area contributed by atoms with Gasteiger partial charge in [0.05, 0.1) is 12.2 Å². The van der Waals surface area contributed by atoms with Crippen molar-refractivity contribution in [3.05, 3.63) is 83.6 Å². The first kappa shape index (κ1) is 26.0. The molecule has 0 spiro atoms. The van der Waals surface area contributed by atoms with E-state index in [0.717, 1.165) is 37.0 Å². The van der Waals surface area contributed by atoms with Gasteiger partial charge < -0.3 is 19.9 Å². The molecular formula is C30H34N8O2. The summed E-state index contributed by atoms with van der Waals surface area (Å²) in [5.41, 5.74) is 1.58. The van der Waals surface area contributed by atoms with Crippen LogP contribution in [0, 0.1) is 0 Å². The molecule has 1 aliphatic rings. The van der Waals surface area contributed by atoms with E-state index in [1.54, 1.807) is 42.8 Å². The largest absolute Gasteiger partial charge is 0.384 e. The number of fused-ring (bicyclic) bond motifs is 2. The minimum atomic E-state index is -1.14. The van der Waals surface area contributed by atoms with Crippen molar-refractivity contribution in [2.24, 2.45) is 0 Å². The van der Waals surface area contributed by atoms with Crippen molar-refractivity contribution in [3.63, 3.8) is 0 Å². The number of anilines is 2. The molecule has 1 aromatic carbocycles. The molecule has 0 aliphatic carbocycles. The van der Waals surface area contributed by atoms with Crippen molar-refractivity contribution < 1.29 is 5.11 Å². The summed E-state index contributed by atoms with van der Waals surface area (Å²) in [7, 11) is 2.18. The van der Waals surface area contributed by atoms with E-state index in [-0.39, 0.29) is 12.1 Å². The third-order valence-corrected chi connectivity index (χ3v) is 7.61. The molecule has 5 heterocycles. The molecular weight excluding hydrogens is 504 g/mol. The Balaban J connectivity index is 1.37. The minimum absolute atomic E-state index is 0.242. The topological polar surface area (TPSA) is 106 Å². The average molecular weight is 539 g/mol. The Morgan fingerprint density at radius 2 is 1.95 bits per heavy atom. The molecule has 0 atom stereocenters. The second kappa shape index (κ2) is 10.0. The SMILES string of the molecule is C=CCn1c(=O)c2cnc(Nc3ccc4c(ccn4C4CCN(C)CC4)c3)nc2n1-c1cccc(C(C)(C)O)n1. The first-order valence-electron chi connectivity index (χ1n) is 13.6. The third kappa shape index (κ3) is 4.69. The summed E-state index contributed by atoms with van der Waals surface area (Å²) in [6.07, 6.45) is 7.67. The number of hydrogen-bond donors (Lipinski definition) is 2. The standard InChI is InChI=1S/C30H34N8O2/c1-5-14-37-28(39)23-19-31-29(34-27(23)38(37)26-8-6-7-25(33-26)30(2,3)40)32-21-9-10-24-20(18-21)11-17-36(24)22-12-15-35(4)16-13-22/h5-11,17-19,22,40H,1,12-16H2,2-4H3,(H,31,32,34). The van der Waals surface area contributed by atoms with E-state index in [2.05, 4.69) is 62.8 Å². The highest BCUT2D eigenvalue weighted by molar-refractivity contribution is 5.85. The van der Waals surface area contributed by atoms with E-state index in [0.29, 0.717) is 34.5 Å². The third-order valence-electron chi connectivity index (χ3n) is 7.61. The van der Waals surface area contributed by atoms with Crippen LogP contribution < -0.4 is 10.9 Å². The quantitative estimate of drug-likeness (QED) is 0.297. The van der Waals surface area contributed by atoms with Gasteiger partial charge in [-0.1, -0.05) is 12.1 Å². The number of aromatic nitrogens is 6. The molecule has 4 aromatic heterocycles. The summed E-state index contributed by atoms with van der Waals surface area (Å²) in [6.45, 7) is 9.64. The van der Waals surface area contributed by atoms with Gasteiger partial charge in [0.1, 0.15) is 11.0 Å². The molecule has 10 nitrogen and oxygen atoms in total. The molecule has 206 valence electrons. The molecule has 10 heteroatoms. The highest BCUT2D eigenvalue weighted by Gasteiger charge is 2.22. The molecule has 0 amide bonds. The molecule has 6 rings (SSSR count). The lowest BCUT2D eigenvalue weighted by atomic mass is 10.1. The van der Waals surface area contributed by atoms with Crippen LogP contribution in [0.3, 0.4) is 0 Å². The lowest BCUT2D eigenvalue weighted by Crippen LogP contribution is -2.31. The van der Waals surface area contributed by atoms with E-state index in [9.17, 15) is 9.90 Å². The Kier molecular flexibility index (Phi) is 6.52. The normalized spacial score (nSPS) is 15.2. The fourth-order valence-electron chi connectivity index (χ4n) is 5.45. The predicted octanol–water partition coefficient (Wildman–Crippen LogP) is 4.36. The molecule has 0 radical (unpaired) electrons. The maximum absolute atomic E-state index is 13.3. The zero-order valence-corrected chi connectivity index (χ0v) is 23.1. The molecule has 0 unspecified atom stereocenters. The van der Waals surface area contributed by atoms with Crippen molar-refractivity contribution in [2.45, 2.75) is 44.9 Å². The zero-order chi connectivity index (χ0) is 28.0. The van der Waals surface area contributed by atoms with Gasteiger partial charge in [0.15, 0.2) is 11.5 Å². The van der Waals surface area contributed by atoms with Crippen LogP contribution in [-0.2, 0) is 12.1 Å². The maximum Gasteiger partial charge on any atom is 0.278 e. The molecule has 5 aromatic rings. The first-order valence-corrected chi connectivity index (χ1v) is 13.6. The van der Waals surface area contributed by atoms with Crippen molar-refractivity contribution in [1.29, 1.82) is 0 Å². The average Bonchev–Trinajstić information content (AvgIpc) is 3.47. The zero-order valence-electron chi connectivity index (χ0n) is 23.1. The number of piperidine rings is 1. The van der Waals surface area contributed by atoms with Gasteiger partial charge in [0.25, 0.3) is 5.56 Å². The molecule has 40 heavy (non-hydrogen) atoms. The Morgan fingerprint density at radius 3 is 2.70 bits per heavy atom. The number of hydrogen-bond acceptors (Lipinski definition) is 7. The first-order chi connectivity index (χ1) is 19.2. The van der Waals surface area contributed by atoms with Gasteiger partial charge in [-0.25, -0.2) is 19.3 Å². The molecule has 2 N–H and O–H groups in total. The predicted molar refractivity (Wildman–Crippen MR) is 157 cm³/mol. The summed E-state index contributed by atoms with van der Waals surface area (Å²) in [5.74, 6) is 0.833. The van der Waals surface area contributed by atoms with Gasteiger partial charge in [-0.05, 0) is 83.2 Å². The van der Waals surface area contributed by atoms with Gasteiger partial charge in [-0.2, -0.15) is 4.98 Å². The summed E-state index contributed by atoms with van der Waals surface area (Å²) < 4.78 is 5.57. The van der Waals surface area contributed by atoms with E-state index >= 15 is 0 Å². The summed E-state index contributed by atoms with van der Waals surface area (Å²) >= 11 is 0. The van der Waals surface area contributed by atoms with Crippen LogP contribution in [0.1, 0.15) is 38.4 Å². The van der Waals surface area contributed by atoms with Crippen molar-refractivity contribution in [3.8, 4) is 5.82 Å². The van der Waals surface area contributed by atoms with Gasteiger partial charge in [-0.15, -0.1) is 6.58 Å². The monoisotopic (exact) mass is 538 g/mol. The molecule has 1 fully saturated rings. The molecule has 1 aliphatic heterocycles. The number of pyridine rings is 1. The van der Waals surface area contributed by atoms with Gasteiger partial charge in [0.2, 0.25) is 5.95 Å². The van der Waals surface area contributed by atoms with Crippen LogP contribution in [0.2, 0.25) is 0 Å². The van der Waals surface area contributed by atoms with Crippen molar-refractivity contribution >= 4 is 33.6 Å². The summed E-state index contributed by atoms with van der Waals surface area (Å²) in [5, 5.41) is 15.4. The highest BCUT2D eigenvalue weighted by atomic mass is 16.3. The number of likely N-dealkylation sites (tertiary alicyclic amines) is 1. The smallest absolute Gasteiger partial charge is 0.278 e. The van der Waals surface area contributed by atoms with Gasteiger partial charge in [0, 0.05) is 35.0 Å². The fourth-order valence-corrected chi connectivity index (χ4v) is 5.45. The van der Waals surface area contributed by atoms with Crippen LogP contribution in [0.4, 0.5) is 11.6 Å².